The average molecular weight is 243 g/mol. The molecule has 18 heavy (non-hydrogen) atoms. The van der Waals surface area contributed by atoms with E-state index in [-0.39, 0.29) is 6.04 Å². The Morgan fingerprint density at radius 2 is 2.17 bits per heavy atom. The third-order valence-corrected chi connectivity index (χ3v) is 2.61. The van der Waals surface area contributed by atoms with Crippen molar-refractivity contribution in [2.45, 2.75) is 25.3 Å². The van der Waals surface area contributed by atoms with E-state index in [1.807, 2.05) is 18.2 Å². The van der Waals surface area contributed by atoms with Crippen molar-refractivity contribution in [3.05, 3.63) is 46.3 Å². The first-order valence-electron chi connectivity index (χ1n) is 6.04. The SMILES string of the molecule is N#CC(CCc1ccccc1)NCCCN=[N+]=[N-]. The van der Waals surface area contributed by atoms with Gasteiger partial charge in [0.25, 0.3) is 0 Å². The summed E-state index contributed by atoms with van der Waals surface area (Å²) in [6.07, 6.45) is 2.44. The Bertz CT molecular complexity index is 417. The Hall–Kier alpha value is -2.02. The first-order chi connectivity index (χ1) is 8.86. The summed E-state index contributed by atoms with van der Waals surface area (Å²) < 4.78 is 0. The normalized spacial score (nSPS) is 11.3. The molecule has 0 bridgehead atoms. The summed E-state index contributed by atoms with van der Waals surface area (Å²) in [5.41, 5.74) is 9.36. The minimum atomic E-state index is -0.142. The van der Waals surface area contributed by atoms with Crippen LogP contribution in [-0.2, 0) is 6.42 Å². The second-order valence-electron chi connectivity index (χ2n) is 3.97. The van der Waals surface area contributed by atoms with E-state index in [1.54, 1.807) is 0 Å². The molecule has 94 valence electrons. The Labute approximate surface area is 107 Å². The highest BCUT2D eigenvalue weighted by Gasteiger charge is 2.05. The molecule has 5 nitrogen and oxygen atoms in total. The van der Waals surface area contributed by atoms with Gasteiger partial charge in [-0.15, -0.1) is 0 Å². The van der Waals surface area contributed by atoms with Gasteiger partial charge >= 0.3 is 0 Å². The lowest BCUT2D eigenvalue weighted by Crippen LogP contribution is -2.29. The quantitative estimate of drug-likeness (QED) is 0.329. The van der Waals surface area contributed by atoms with Crippen molar-refractivity contribution >= 4 is 0 Å². The van der Waals surface area contributed by atoms with Crippen molar-refractivity contribution in [2.75, 3.05) is 13.1 Å². The van der Waals surface area contributed by atoms with Crippen LogP contribution in [0.4, 0.5) is 0 Å². The van der Waals surface area contributed by atoms with E-state index < -0.39 is 0 Å². The molecule has 0 aliphatic rings. The van der Waals surface area contributed by atoms with Crippen molar-refractivity contribution in [1.29, 1.82) is 5.26 Å². The molecule has 0 aliphatic carbocycles. The third kappa shape index (κ3) is 5.90. The first kappa shape index (κ1) is 14.0. The topological polar surface area (TPSA) is 84.6 Å². The van der Waals surface area contributed by atoms with Gasteiger partial charge in [-0.1, -0.05) is 35.4 Å². The molecule has 1 rings (SSSR count). The predicted octanol–water partition coefficient (Wildman–Crippen LogP) is 2.80. The Morgan fingerprint density at radius 3 is 2.83 bits per heavy atom. The number of nitrogens with zero attached hydrogens (tertiary/aromatic N) is 4. The summed E-state index contributed by atoms with van der Waals surface area (Å²) in [4.78, 5) is 2.68. The molecule has 0 heterocycles. The minimum absolute atomic E-state index is 0.142. The summed E-state index contributed by atoms with van der Waals surface area (Å²) >= 11 is 0. The molecule has 0 saturated carbocycles. The second kappa shape index (κ2) is 9.06. The summed E-state index contributed by atoms with van der Waals surface area (Å²) in [6.45, 7) is 1.17. The lowest BCUT2D eigenvalue weighted by molar-refractivity contribution is 0.554. The van der Waals surface area contributed by atoms with Gasteiger partial charge in [-0.2, -0.15) is 5.26 Å². The van der Waals surface area contributed by atoms with Gasteiger partial charge in [0.1, 0.15) is 0 Å². The fourth-order valence-corrected chi connectivity index (χ4v) is 1.64. The molecule has 0 radical (unpaired) electrons. The van der Waals surface area contributed by atoms with Crippen LogP contribution >= 0.6 is 0 Å². The molecule has 5 heteroatoms. The van der Waals surface area contributed by atoms with Gasteiger partial charge in [0, 0.05) is 11.5 Å². The van der Waals surface area contributed by atoms with Crippen LogP contribution in [0.5, 0.6) is 0 Å². The molecule has 1 atom stereocenters. The number of azide groups is 1. The highest BCUT2D eigenvalue weighted by molar-refractivity contribution is 5.15. The van der Waals surface area contributed by atoms with Crippen LogP contribution in [0.1, 0.15) is 18.4 Å². The summed E-state index contributed by atoms with van der Waals surface area (Å²) in [6, 6.07) is 12.2. The van der Waals surface area contributed by atoms with Crippen molar-refractivity contribution in [3.8, 4) is 6.07 Å². The van der Waals surface area contributed by atoms with E-state index >= 15 is 0 Å². The molecule has 1 N–H and O–H groups in total. The zero-order valence-corrected chi connectivity index (χ0v) is 10.3. The van der Waals surface area contributed by atoms with E-state index in [0.717, 1.165) is 19.3 Å². The molecule has 1 unspecified atom stereocenters. The van der Waals surface area contributed by atoms with Crippen molar-refractivity contribution in [3.63, 3.8) is 0 Å². The molecule has 0 amide bonds. The van der Waals surface area contributed by atoms with Gasteiger partial charge in [0.15, 0.2) is 0 Å². The van der Waals surface area contributed by atoms with Gasteiger partial charge in [0.05, 0.1) is 12.1 Å². The fraction of sp³-hybridized carbons (Fsp3) is 0.462. The largest absolute Gasteiger partial charge is 0.302 e. The maximum atomic E-state index is 9.01. The molecule has 0 aromatic heterocycles. The van der Waals surface area contributed by atoms with Gasteiger partial charge in [0.2, 0.25) is 0 Å². The zero-order valence-electron chi connectivity index (χ0n) is 10.3. The Balaban J connectivity index is 2.22. The van der Waals surface area contributed by atoms with Crippen LogP contribution in [0.15, 0.2) is 35.4 Å². The highest BCUT2D eigenvalue weighted by atomic mass is 15.1. The lowest BCUT2D eigenvalue weighted by atomic mass is 10.1. The van der Waals surface area contributed by atoms with Gasteiger partial charge < -0.3 is 5.32 Å². The predicted molar refractivity (Wildman–Crippen MR) is 70.8 cm³/mol. The molecule has 0 saturated heterocycles. The van der Waals surface area contributed by atoms with Crippen LogP contribution < -0.4 is 5.32 Å². The standard InChI is InChI=1S/C13H17N5/c14-11-13(16-9-4-10-17-18-15)8-7-12-5-2-1-3-6-12/h1-3,5-6,13,16H,4,7-10H2. The zero-order chi connectivity index (χ0) is 13.1. The monoisotopic (exact) mass is 243 g/mol. The van der Waals surface area contributed by atoms with Crippen LogP contribution in [0, 0.1) is 11.3 Å². The molecule has 0 fully saturated rings. The van der Waals surface area contributed by atoms with Crippen LogP contribution in [-0.4, -0.2) is 19.1 Å². The third-order valence-electron chi connectivity index (χ3n) is 2.61. The van der Waals surface area contributed by atoms with Gasteiger partial charge in [-0.3, -0.25) is 0 Å². The smallest absolute Gasteiger partial charge is 0.0956 e. The van der Waals surface area contributed by atoms with Crippen LogP contribution in [0.2, 0.25) is 0 Å². The molecule has 1 aromatic rings. The van der Waals surface area contributed by atoms with E-state index in [0.29, 0.717) is 13.1 Å². The molecule has 0 aliphatic heterocycles. The fourth-order valence-electron chi connectivity index (χ4n) is 1.64. The Kier molecular flexibility index (Phi) is 7.07. The molecular weight excluding hydrogens is 226 g/mol. The van der Waals surface area contributed by atoms with Crippen molar-refractivity contribution in [1.82, 2.24) is 5.32 Å². The summed E-state index contributed by atoms with van der Waals surface area (Å²) in [5.74, 6) is 0. The minimum Gasteiger partial charge on any atom is -0.302 e. The molecular formula is C13H17N5. The first-order valence-corrected chi connectivity index (χ1v) is 6.04. The average Bonchev–Trinajstić information content (AvgIpc) is 2.43. The number of aryl methyl sites for hydroxylation is 1. The van der Waals surface area contributed by atoms with Gasteiger partial charge in [-0.05, 0) is 36.9 Å². The van der Waals surface area contributed by atoms with E-state index in [2.05, 4.69) is 33.5 Å². The number of hydrogen-bond acceptors (Lipinski definition) is 3. The number of hydrogen-bond donors (Lipinski definition) is 1. The van der Waals surface area contributed by atoms with Crippen LogP contribution in [0.3, 0.4) is 0 Å². The van der Waals surface area contributed by atoms with Gasteiger partial charge in [-0.25, -0.2) is 0 Å². The highest BCUT2D eigenvalue weighted by Crippen LogP contribution is 2.04. The maximum Gasteiger partial charge on any atom is 0.0956 e. The number of nitrogens with one attached hydrogen (secondary N) is 1. The van der Waals surface area contributed by atoms with Crippen molar-refractivity contribution in [2.24, 2.45) is 5.11 Å². The lowest BCUT2D eigenvalue weighted by Gasteiger charge is -2.10. The van der Waals surface area contributed by atoms with E-state index in [9.17, 15) is 0 Å². The van der Waals surface area contributed by atoms with Crippen LogP contribution in [0.25, 0.3) is 10.4 Å². The number of rotatable bonds is 8. The van der Waals surface area contributed by atoms with E-state index in [1.165, 1.54) is 5.56 Å². The second-order valence-corrected chi connectivity index (χ2v) is 3.97. The number of nitriles is 1. The Morgan fingerprint density at radius 1 is 1.39 bits per heavy atom. The molecule has 0 spiro atoms. The summed E-state index contributed by atoms with van der Waals surface area (Å²) in [7, 11) is 0. The molecule has 1 aromatic carbocycles. The van der Waals surface area contributed by atoms with E-state index in [4.69, 9.17) is 10.8 Å². The number of benzene rings is 1. The summed E-state index contributed by atoms with van der Waals surface area (Å²) in [5, 5.41) is 15.6. The maximum absolute atomic E-state index is 9.01. The van der Waals surface area contributed by atoms with Crippen molar-refractivity contribution < 1.29 is 0 Å².